The number of nitrogens with zero attached hydrogens (tertiary/aromatic N) is 2. The molecule has 0 fully saturated rings. The molecule has 1 aromatic heterocycles. The van der Waals surface area contributed by atoms with Crippen LogP contribution in [0.25, 0.3) is 0 Å². The van der Waals surface area contributed by atoms with Crippen molar-refractivity contribution in [2.24, 2.45) is 5.73 Å². The Labute approximate surface area is 112 Å². The zero-order chi connectivity index (χ0) is 13.5. The lowest BCUT2D eigenvalue weighted by Crippen LogP contribution is -2.34. The molecule has 1 atom stereocenters. The fraction of sp³-hybridized carbons (Fsp3) is 0.286. The van der Waals surface area contributed by atoms with Crippen LogP contribution in [0.1, 0.15) is 18.0 Å². The summed E-state index contributed by atoms with van der Waals surface area (Å²) >= 11 is 0. The maximum absolute atomic E-state index is 11.8. The maximum atomic E-state index is 11.8. The molecule has 0 aliphatic heterocycles. The van der Waals surface area contributed by atoms with Crippen LogP contribution in [-0.4, -0.2) is 22.0 Å². The maximum Gasteiger partial charge on any atom is 0.241 e. The van der Waals surface area contributed by atoms with Gasteiger partial charge in [-0.15, -0.1) is 0 Å². The summed E-state index contributed by atoms with van der Waals surface area (Å²) in [6.07, 6.45) is 6.25. The minimum absolute atomic E-state index is 0.142. The molecule has 0 aliphatic rings. The Morgan fingerprint density at radius 3 is 2.84 bits per heavy atom. The van der Waals surface area contributed by atoms with Crippen LogP contribution in [0, 0.1) is 0 Å². The van der Waals surface area contributed by atoms with Gasteiger partial charge in [0.1, 0.15) is 6.04 Å². The minimum Gasteiger partial charge on any atom is -0.354 e. The number of imidazole rings is 1. The van der Waals surface area contributed by atoms with Gasteiger partial charge >= 0.3 is 0 Å². The number of hydrogen-bond donors (Lipinski definition) is 2. The van der Waals surface area contributed by atoms with Crippen molar-refractivity contribution in [2.45, 2.75) is 19.0 Å². The van der Waals surface area contributed by atoms with Crippen LogP contribution < -0.4 is 11.1 Å². The Morgan fingerprint density at radius 2 is 2.16 bits per heavy atom. The number of aryl methyl sites for hydroxylation is 1. The fourth-order valence-corrected chi connectivity index (χ4v) is 1.81. The molecule has 0 saturated heterocycles. The Kier molecular flexibility index (Phi) is 4.69. The molecule has 0 saturated carbocycles. The summed E-state index contributed by atoms with van der Waals surface area (Å²) in [5, 5.41) is 2.85. The number of benzene rings is 1. The van der Waals surface area contributed by atoms with Crippen molar-refractivity contribution in [1.29, 1.82) is 0 Å². The van der Waals surface area contributed by atoms with Crippen molar-refractivity contribution >= 4 is 5.91 Å². The van der Waals surface area contributed by atoms with Gasteiger partial charge in [-0.1, -0.05) is 30.3 Å². The van der Waals surface area contributed by atoms with E-state index in [1.165, 1.54) is 0 Å². The van der Waals surface area contributed by atoms with Gasteiger partial charge in [0.25, 0.3) is 0 Å². The second kappa shape index (κ2) is 6.70. The van der Waals surface area contributed by atoms with Gasteiger partial charge in [-0.05, 0) is 12.0 Å². The molecule has 1 heterocycles. The molecular formula is C14H18N4O. The quantitative estimate of drug-likeness (QED) is 0.762. The van der Waals surface area contributed by atoms with E-state index in [2.05, 4.69) is 10.3 Å². The predicted octanol–water partition coefficient (Wildman–Crippen LogP) is 1.09. The molecule has 1 aromatic carbocycles. The first-order valence-electron chi connectivity index (χ1n) is 6.31. The lowest BCUT2D eigenvalue weighted by atomic mass is 10.1. The minimum atomic E-state index is -0.602. The van der Waals surface area contributed by atoms with E-state index in [1.54, 1.807) is 12.5 Å². The van der Waals surface area contributed by atoms with Gasteiger partial charge in [0, 0.05) is 25.5 Å². The number of nitrogens with two attached hydrogens (primary N) is 1. The number of amides is 1. The standard InChI is InChI=1S/C14H18N4O/c15-13(12-5-2-1-3-6-12)14(19)17-7-4-9-18-10-8-16-11-18/h1-3,5-6,8,10-11,13H,4,7,9,15H2,(H,17,19). The normalized spacial score (nSPS) is 12.1. The van der Waals surface area contributed by atoms with Gasteiger partial charge < -0.3 is 15.6 Å². The van der Waals surface area contributed by atoms with Gasteiger partial charge in [0.2, 0.25) is 5.91 Å². The molecule has 0 aliphatic carbocycles. The van der Waals surface area contributed by atoms with Gasteiger partial charge in [-0.25, -0.2) is 4.98 Å². The van der Waals surface area contributed by atoms with Crippen LogP contribution in [0.15, 0.2) is 49.1 Å². The smallest absolute Gasteiger partial charge is 0.241 e. The Balaban J connectivity index is 1.72. The van der Waals surface area contributed by atoms with E-state index < -0.39 is 6.04 Å². The van der Waals surface area contributed by atoms with E-state index in [0.717, 1.165) is 18.5 Å². The molecule has 2 rings (SSSR count). The molecular weight excluding hydrogens is 240 g/mol. The highest BCUT2D eigenvalue weighted by Crippen LogP contribution is 2.08. The number of carbonyl (C=O) groups excluding carboxylic acids is 1. The lowest BCUT2D eigenvalue weighted by Gasteiger charge is -2.12. The van der Waals surface area contributed by atoms with Crippen LogP contribution >= 0.6 is 0 Å². The van der Waals surface area contributed by atoms with Crippen molar-refractivity contribution in [3.63, 3.8) is 0 Å². The summed E-state index contributed by atoms with van der Waals surface area (Å²) in [6, 6.07) is 8.77. The van der Waals surface area contributed by atoms with Crippen molar-refractivity contribution in [3.05, 3.63) is 54.6 Å². The average Bonchev–Trinajstić information content (AvgIpc) is 2.96. The molecule has 3 N–H and O–H groups in total. The molecule has 100 valence electrons. The first-order chi connectivity index (χ1) is 9.27. The molecule has 0 radical (unpaired) electrons. The number of aromatic nitrogens is 2. The van der Waals surface area contributed by atoms with Crippen molar-refractivity contribution in [1.82, 2.24) is 14.9 Å². The topological polar surface area (TPSA) is 72.9 Å². The highest BCUT2D eigenvalue weighted by Gasteiger charge is 2.14. The number of hydrogen-bond acceptors (Lipinski definition) is 3. The Morgan fingerprint density at radius 1 is 1.37 bits per heavy atom. The first kappa shape index (κ1) is 13.3. The molecule has 2 aromatic rings. The summed E-state index contributed by atoms with van der Waals surface area (Å²) in [7, 11) is 0. The van der Waals surface area contributed by atoms with Gasteiger partial charge in [-0.2, -0.15) is 0 Å². The molecule has 19 heavy (non-hydrogen) atoms. The number of carbonyl (C=O) groups is 1. The second-order valence-electron chi connectivity index (χ2n) is 4.33. The van der Waals surface area contributed by atoms with Gasteiger partial charge in [0.15, 0.2) is 0 Å². The Hall–Kier alpha value is -2.14. The zero-order valence-electron chi connectivity index (χ0n) is 10.7. The van der Waals surface area contributed by atoms with Gasteiger partial charge in [0.05, 0.1) is 6.33 Å². The van der Waals surface area contributed by atoms with Crippen molar-refractivity contribution < 1.29 is 4.79 Å². The van der Waals surface area contributed by atoms with E-state index in [4.69, 9.17) is 5.73 Å². The van der Waals surface area contributed by atoms with E-state index in [-0.39, 0.29) is 5.91 Å². The molecule has 0 spiro atoms. The van der Waals surface area contributed by atoms with Crippen LogP contribution in [0.2, 0.25) is 0 Å². The predicted molar refractivity (Wildman–Crippen MR) is 73.2 cm³/mol. The third-order valence-electron chi connectivity index (χ3n) is 2.89. The van der Waals surface area contributed by atoms with Crippen LogP contribution in [-0.2, 0) is 11.3 Å². The summed E-state index contributed by atoms with van der Waals surface area (Å²) in [5.74, 6) is -0.142. The van der Waals surface area contributed by atoms with E-state index >= 15 is 0 Å². The summed E-state index contributed by atoms with van der Waals surface area (Å²) in [6.45, 7) is 1.44. The van der Waals surface area contributed by atoms with Crippen molar-refractivity contribution in [3.8, 4) is 0 Å². The second-order valence-corrected chi connectivity index (χ2v) is 4.33. The zero-order valence-corrected chi connectivity index (χ0v) is 10.7. The molecule has 1 unspecified atom stereocenters. The first-order valence-corrected chi connectivity index (χ1v) is 6.31. The summed E-state index contributed by atoms with van der Waals surface area (Å²) in [5.41, 5.74) is 6.72. The van der Waals surface area contributed by atoms with Crippen LogP contribution in [0.3, 0.4) is 0 Å². The fourth-order valence-electron chi connectivity index (χ4n) is 1.81. The van der Waals surface area contributed by atoms with E-state index in [1.807, 2.05) is 41.1 Å². The third-order valence-corrected chi connectivity index (χ3v) is 2.89. The van der Waals surface area contributed by atoms with Crippen LogP contribution in [0.4, 0.5) is 0 Å². The highest BCUT2D eigenvalue weighted by atomic mass is 16.2. The SMILES string of the molecule is NC(C(=O)NCCCn1ccnc1)c1ccccc1. The third kappa shape index (κ3) is 3.93. The largest absolute Gasteiger partial charge is 0.354 e. The number of nitrogens with one attached hydrogen (secondary N) is 1. The average molecular weight is 258 g/mol. The molecule has 0 bridgehead atoms. The summed E-state index contributed by atoms with van der Waals surface area (Å²) in [4.78, 5) is 15.8. The highest BCUT2D eigenvalue weighted by molar-refractivity contribution is 5.82. The van der Waals surface area contributed by atoms with E-state index in [0.29, 0.717) is 6.54 Å². The lowest BCUT2D eigenvalue weighted by molar-refractivity contribution is -0.122. The molecule has 5 heteroatoms. The van der Waals surface area contributed by atoms with Gasteiger partial charge in [-0.3, -0.25) is 4.79 Å². The molecule has 1 amide bonds. The Bertz CT molecular complexity index is 495. The van der Waals surface area contributed by atoms with Crippen molar-refractivity contribution in [2.75, 3.05) is 6.54 Å². The van der Waals surface area contributed by atoms with E-state index in [9.17, 15) is 4.79 Å². The molecule has 5 nitrogen and oxygen atoms in total. The monoisotopic (exact) mass is 258 g/mol. The van der Waals surface area contributed by atoms with Crippen LogP contribution in [0.5, 0.6) is 0 Å². The number of rotatable bonds is 6. The summed E-state index contributed by atoms with van der Waals surface area (Å²) < 4.78 is 1.98.